The van der Waals surface area contributed by atoms with E-state index >= 15 is 0 Å². The molecule has 0 amide bonds. The molecule has 0 unspecified atom stereocenters. The normalized spacial score (nSPS) is 11.6. The number of benzene rings is 1. The lowest BCUT2D eigenvalue weighted by molar-refractivity contribution is 0.0644. The lowest BCUT2D eigenvalue weighted by atomic mass is 10.1. The quantitative estimate of drug-likeness (QED) is 0.640. The predicted octanol–water partition coefficient (Wildman–Crippen LogP) is 3.03. The number of alkyl halides is 2. The molecule has 3 aromatic rings. The zero-order valence-corrected chi connectivity index (χ0v) is 13.8. The van der Waals surface area contributed by atoms with Crippen molar-refractivity contribution >= 4 is 11.0 Å². The molecule has 2 heterocycles. The zero-order valence-electron chi connectivity index (χ0n) is 13.8. The van der Waals surface area contributed by atoms with Gasteiger partial charge in [-0.1, -0.05) is 0 Å². The van der Waals surface area contributed by atoms with Gasteiger partial charge in [0.25, 0.3) is 0 Å². The van der Waals surface area contributed by atoms with Crippen LogP contribution in [0.15, 0.2) is 45.9 Å². The average molecular weight is 349 g/mol. The highest BCUT2D eigenvalue weighted by atomic mass is 19.3. The highest BCUT2D eigenvalue weighted by Crippen LogP contribution is 2.23. The maximum absolute atomic E-state index is 12.9. The minimum Gasteiger partial charge on any atom is -0.497 e. The molecule has 132 valence electrons. The number of rotatable bonds is 6. The van der Waals surface area contributed by atoms with Gasteiger partial charge in [-0.2, -0.15) is 8.78 Å². The molecule has 0 aliphatic carbocycles. The summed E-state index contributed by atoms with van der Waals surface area (Å²) in [5, 5.41) is 0.768. The zero-order chi connectivity index (χ0) is 18.0. The summed E-state index contributed by atoms with van der Waals surface area (Å²) in [5.41, 5.74) is 0.689. The first kappa shape index (κ1) is 17.1. The van der Waals surface area contributed by atoms with Gasteiger partial charge in [0.1, 0.15) is 17.2 Å². The van der Waals surface area contributed by atoms with Gasteiger partial charge in [-0.15, -0.1) is 0 Å². The van der Waals surface area contributed by atoms with E-state index in [9.17, 15) is 13.6 Å². The average Bonchev–Trinajstić information content (AvgIpc) is 3.02. The van der Waals surface area contributed by atoms with E-state index in [4.69, 9.17) is 9.15 Å². The van der Waals surface area contributed by atoms with E-state index in [-0.39, 0.29) is 12.4 Å². The summed E-state index contributed by atoms with van der Waals surface area (Å²) in [6.45, 7) is -2.04. The minimum absolute atomic E-state index is 0.217. The number of fused-ring (bicyclic) bond motifs is 1. The van der Waals surface area contributed by atoms with Crippen LogP contribution in [-0.4, -0.2) is 28.6 Å². The van der Waals surface area contributed by atoms with Crippen LogP contribution >= 0.6 is 0 Å². The first-order valence-corrected chi connectivity index (χ1v) is 7.57. The Morgan fingerprint density at radius 3 is 2.84 bits per heavy atom. The van der Waals surface area contributed by atoms with Crippen LogP contribution in [0.2, 0.25) is 0 Å². The minimum atomic E-state index is -2.64. The van der Waals surface area contributed by atoms with Crippen molar-refractivity contribution in [2.24, 2.45) is 0 Å². The summed E-state index contributed by atoms with van der Waals surface area (Å²) in [7, 11) is 3.30. The van der Waals surface area contributed by atoms with Crippen LogP contribution in [-0.2, 0) is 13.1 Å². The van der Waals surface area contributed by atoms with Gasteiger partial charge in [0.05, 0.1) is 13.7 Å². The number of hydrogen-bond donors (Lipinski definition) is 0. The van der Waals surface area contributed by atoms with Crippen LogP contribution in [0.4, 0.5) is 8.78 Å². The summed E-state index contributed by atoms with van der Waals surface area (Å²) in [4.78, 5) is 17.6. The molecular weight excluding hydrogens is 332 g/mol. The highest BCUT2D eigenvalue weighted by Gasteiger charge is 2.15. The number of ether oxygens (including phenoxy) is 1. The largest absolute Gasteiger partial charge is 0.497 e. The SMILES string of the molecule is COc1ccc2c(CN(C)Cc3nccn3C(F)F)cc(=O)oc2c1. The van der Waals surface area contributed by atoms with Crippen LogP contribution < -0.4 is 10.4 Å². The first-order valence-electron chi connectivity index (χ1n) is 7.57. The predicted molar refractivity (Wildman–Crippen MR) is 87.7 cm³/mol. The molecule has 0 N–H and O–H groups in total. The maximum atomic E-state index is 12.9. The van der Waals surface area contributed by atoms with Crippen LogP contribution in [0.3, 0.4) is 0 Å². The van der Waals surface area contributed by atoms with E-state index in [2.05, 4.69) is 4.98 Å². The maximum Gasteiger partial charge on any atom is 0.336 e. The fourth-order valence-electron chi connectivity index (χ4n) is 2.70. The van der Waals surface area contributed by atoms with Crippen molar-refractivity contribution in [1.29, 1.82) is 0 Å². The molecule has 2 aromatic heterocycles. The Morgan fingerprint density at radius 1 is 1.32 bits per heavy atom. The molecule has 0 saturated heterocycles. The van der Waals surface area contributed by atoms with Crippen molar-refractivity contribution in [2.75, 3.05) is 14.2 Å². The molecule has 6 nitrogen and oxygen atoms in total. The Bertz CT molecular complexity index is 936. The van der Waals surface area contributed by atoms with Crippen molar-refractivity contribution in [3.63, 3.8) is 0 Å². The molecule has 25 heavy (non-hydrogen) atoms. The van der Waals surface area contributed by atoms with E-state index < -0.39 is 12.2 Å². The molecule has 0 aliphatic heterocycles. The highest BCUT2D eigenvalue weighted by molar-refractivity contribution is 5.81. The second-order valence-corrected chi connectivity index (χ2v) is 5.65. The van der Waals surface area contributed by atoms with Gasteiger partial charge in [0.2, 0.25) is 0 Å². The van der Waals surface area contributed by atoms with Crippen molar-refractivity contribution in [1.82, 2.24) is 14.5 Å². The third kappa shape index (κ3) is 3.69. The molecular formula is C17H17F2N3O3. The monoisotopic (exact) mass is 349 g/mol. The first-order chi connectivity index (χ1) is 12.0. The fraction of sp³-hybridized carbons (Fsp3) is 0.294. The second kappa shape index (κ2) is 7.02. The lowest BCUT2D eigenvalue weighted by Crippen LogP contribution is -2.21. The molecule has 0 radical (unpaired) electrons. The van der Waals surface area contributed by atoms with Gasteiger partial charge in [-0.05, 0) is 24.7 Å². The topological polar surface area (TPSA) is 60.5 Å². The molecule has 0 aliphatic rings. The van der Waals surface area contributed by atoms with Crippen LogP contribution in [0.5, 0.6) is 5.75 Å². The van der Waals surface area contributed by atoms with Gasteiger partial charge in [-0.25, -0.2) is 9.78 Å². The molecule has 0 fully saturated rings. The van der Waals surface area contributed by atoms with Crippen LogP contribution in [0.1, 0.15) is 17.9 Å². The van der Waals surface area contributed by atoms with Crippen LogP contribution in [0.25, 0.3) is 11.0 Å². The third-order valence-electron chi connectivity index (χ3n) is 3.85. The number of nitrogens with zero attached hydrogens (tertiary/aromatic N) is 3. The Balaban J connectivity index is 1.87. The third-order valence-corrected chi connectivity index (χ3v) is 3.85. The molecule has 1 aromatic carbocycles. The smallest absolute Gasteiger partial charge is 0.336 e. The van der Waals surface area contributed by atoms with Crippen LogP contribution in [0, 0.1) is 0 Å². The van der Waals surface area contributed by atoms with Gasteiger partial charge in [0.15, 0.2) is 0 Å². The molecule has 8 heteroatoms. The Hall–Kier alpha value is -2.74. The van der Waals surface area contributed by atoms with E-state index in [1.807, 2.05) is 0 Å². The summed E-state index contributed by atoms with van der Waals surface area (Å²) < 4.78 is 37.0. The fourth-order valence-corrected chi connectivity index (χ4v) is 2.70. The molecule has 3 rings (SSSR count). The molecule has 0 bridgehead atoms. The van der Waals surface area contributed by atoms with E-state index in [0.29, 0.717) is 17.9 Å². The molecule has 0 saturated carbocycles. The standard InChI is InChI=1S/C17H17F2N3O3/c1-21(10-15-20-5-6-22(15)17(18)19)9-11-7-16(23)25-14-8-12(24-2)3-4-13(11)14/h3-8,17H,9-10H2,1-2H3. The Morgan fingerprint density at radius 2 is 2.12 bits per heavy atom. The van der Waals surface area contributed by atoms with Gasteiger partial charge in [0, 0.05) is 36.5 Å². The van der Waals surface area contributed by atoms with Crippen molar-refractivity contribution in [2.45, 2.75) is 19.6 Å². The van der Waals surface area contributed by atoms with Gasteiger partial charge >= 0.3 is 12.2 Å². The van der Waals surface area contributed by atoms with Crippen molar-refractivity contribution in [3.05, 3.63) is 58.5 Å². The Kier molecular flexibility index (Phi) is 4.80. The van der Waals surface area contributed by atoms with Gasteiger partial charge in [-0.3, -0.25) is 9.47 Å². The van der Waals surface area contributed by atoms with E-state index in [0.717, 1.165) is 15.5 Å². The molecule has 0 atom stereocenters. The number of methoxy groups -OCH3 is 1. The summed E-state index contributed by atoms with van der Waals surface area (Å²) >= 11 is 0. The number of aromatic nitrogens is 2. The second-order valence-electron chi connectivity index (χ2n) is 5.65. The van der Waals surface area contributed by atoms with E-state index in [1.165, 1.54) is 25.6 Å². The van der Waals surface area contributed by atoms with E-state index in [1.54, 1.807) is 30.1 Å². The number of imidazole rings is 1. The van der Waals surface area contributed by atoms with Crippen molar-refractivity contribution in [3.8, 4) is 5.75 Å². The lowest BCUT2D eigenvalue weighted by Gasteiger charge is -2.18. The summed E-state index contributed by atoms with van der Waals surface area (Å²) in [6, 6.07) is 6.63. The number of hydrogen-bond acceptors (Lipinski definition) is 5. The summed E-state index contributed by atoms with van der Waals surface area (Å²) in [5.74, 6) is 0.839. The molecule has 0 spiro atoms. The van der Waals surface area contributed by atoms with Gasteiger partial charge < -0.3 is 9.15 Å². The Labute approximate surface area is 142 Å². The van der Waals surface area contributed by atoms with Crippen molar-refractivity contribution < 1.29 is 17.9 Å². The number of halogens is 2. The summed E-state index contributed by atoms with van der Waals surface area (Å²) in [6.07, 6.45) is 2.58.